The standard InChI is InChI=1S/C17H23FN2O3/c18-13-5-6-16-14(10-13)12(9-15(19)17(22)23)11-20(16)7-3-1-2-4-8-21/h5-6,10-11,15,21H,1-4,7-9,19H2,(H,22,23)/t15-/m0/s1. The lowest BCUT2D eigenvalue weighted by Crippen LogP contribution is -2.32. The molecule has 126 valence electrons. The summed E-state index contributed by atoms with van der Waals surface area (Å²) in [5.41, 5.74) is 7.26. The lowest BCUT2D eigenvalue weighted by atomic mass is 10.1. The van der Waals surface area contributed by atoms with Crippen LogP contribution in [-0.4, -0.2) is 33.4 Å². The van der Waals surface area contributed by atoms with E-state index < -0.39 is 12.0 Å². The van der Waals surface area contributed by atoms with Crippen molar-refractivity contribution in [2.24, 2.45) is 5.73 Å². The van der Waals surface area contributed by atoms with Gasteiger partial charge in [0, 0.05) is 36.7 Å². The van der Waals surface area contributed by atoms with Crippen LogP contribution in [0.25, 0.3) is 10.9 Å². The number of carboxylic acids is 1. The van der Waals surface area contributed by atoms with Crippen LogP contribution in [0.4, 0.5) is 4.39 Å². The number of halogens is 1. The molecule has 1 atom stereocenters. The van der Waals surface area contributed by atoms with Crippen LogP contribution in [-0.2, 0) is 17.8 Å². The van der Waals surface area contributed by atoms with Gasteiger partial charge in [-0.2, -0.15) is 0 Å². The molecular weight excluding hydrogens is 299 g/mol. The van der Waals surface area contributed by atoms with Crippen LogP contribution in [0.1, 0.15) is 31.2 Å². The summed E-state index contributed by atoms with van der Waals surface area (Å²) < 4.78 is 15.6. The van der Waals surface area contributed by atoms with Crippen molar-refractivity contribution in [1.29, 1.82) is 0 Å². The van der Waals surface area contributed by atoms with Gasteiger partial charge in [-0.15, -0.1) is 0 Å². The number of aryl methyl sites for hydroxylation is 1. The number of aliphatic carboxylic acids is 1. The number of hydrogen-bond donors (Lipinski definition) is 3. The Hall–Kier alpha value is -1.92. The maximum absolute atomic E-state index is 13.5. The highest BCUT2D eigenvalue weighted by Gasteiger charge is 2.17. The largest absolute Gasteiger partial charge is 0.480 e. The van der Waals surface area contributed by atoms with E-state index in [1.165, 1.54) is 12.1 Å². The molecule has 0 spiro atoms. The Morgan fingerprint density at radius 3 is 2.70 bits per heavy atom. The highest BCUT2D eigenvalue weighted by Crippen LogP contribution is 2.24. The quantitative estimate of drug-likeness (QED) is 0.618. The Morgan fingerprint density at radius 1 is 1.26 bits per heavy atom. The summed E-state index contributed by atoms with van der Waals surface area (Å²) in [7, 11) is 0. The third-order valence-corrected chi connectivity index (χ3v) is 3.99. The normalized spacial score (nSPS) is 12.7. The van der Waals surface area contributed by atoms with Crippen LogP contribution >= 0.6 is 0 Å². The zero-order chi connectivity index (χ0) is 16.8. The third kappa shape index (κ3) is 4.53. The highest BCUT2D eigenvalue weighted by atomic mass is 19.1. The molecule has 6 heteroatoms. The van der Waals surface area contributed by atoms with Gasteiger partial charge in [-0.25, -0.2) is 4.39 Å². The van der Waals surface area contributed by atoms with Gasteiger partial charge in [-0.1, -0.05) is 12.8 Å². The van der Waals surface area contributed by atoms with Crippen LogP contribution < -0.4 is 5.73 Å². The number of nitrogens with two attached hydrogens (primary N) is 1. The second-order valence-corrected chi connectivity index (χ2v) is 5.80. The molecule has 1 aromatic heterocycles. The summed E-state index contributed by atoms with van der Waals surface area (Å²) in [5.74, 6) is -1.41. The Bertz CT molecular complexity index is 669. The number of aliphatic hydroxyl groups excluding tert-OH is 1. The van der Waals surface area contributed by atoms with Crippen molar-refractivity contribution in [3.8, 4) is 0 Å². The smallest absolute Gasteiger partial charge is 0.320 e. The molecule has 0 aliphatic carbocycles. The predicted molar refractivity (Wildman–Crippen MR) is 86.8 cm³/mol. The van der Waals surface area contributed by atoms with Gasteiger partial charge in [0.25, 0.3) is 0 Å². The molecule has 0 aliphatic heterocycles. The zero-order valence-corrected chi connectivity index (χ0v) is 13.0. The van der Waals surface area contributed by atoms with E-state index in [0.29, 0.717) is 0 Å². The van der Waals surface area contributed by atoms with Crippen LogP contribution in [0.3, 0.4) is 0 Å². The van der Waals surface area contributed by atoms with Crippen molar-refractivity contribution in [3.63, 3.8) is 0 Å². The summed E-state index contributed by atoms with van der Waals surface area (Å²) in [4.78, 5) is 11.0. The van der Waals surface area contributed by atoms with E-state index in [0.717, 1.165) is 48.7 Å². The molecule has 0 bridgehead atoms. The maximum atomic E-state index is 13.5. The number of carbonyl (C=O) groups is 1. The number of carboxylic acid groups (broad SMARTS) is 1. The molecule has 0 aliphatic rings. The number of hydrogen-bond acceptors (Lipinski definition) is 3. The molecule has 0 fully saturated rings. The molecule has 23 heavy (non-hydrogen) atoms. The van der Waals surface area contributed by atoms with Crippen LogP contribution in [0.15, 0.2) is 24.4 Å². The Labute approximate surface area is 134 Å². The van der Waals surface area contributed by atoms with Gasteiger partial charge in [0.15, 0.2) is 0 Å². The molecule has 5 nitrogen and oxygen atoms in total. The molecule has 0 unspecified atom stereocenters. The van der Waals surface area contributed by atoms with Crippen LogP contribution in [0.2, 0.25) is 0 Å². The second kappa shape index (κ2) is 8.08. The molecule has 0 amide bonds. The average Bonchev–Trinajstić information content (AvgIpc) is 2.84. The van der Waals surface area contributed by atoms with E-state index >= 15 is 0 Å². The number of aromatic nitrogens is 1. The van der Waals surface area contributed by atoms with Crippen molar-refractivity contribution in [2.75, 3.05) is 6.61 Å². The van der Waals surface area contributed by atoms with Gasteiger partial charge in [0.05, 0.1) is 0 Å². The van der Waals surface area contributed by atoms with Gasteiger partial charge in [-0.3, -0.25) is 4.79 Å². The minimum atomic E-state index is -1.06. The van der Waals surface area contributed by atoms with Crippen molar-refractivity contribution in [3.05, 3.63) is 35.8 Å². The van der Waals surface area contributed by atoms with E-state index in [2.05, 4.69) is 0 Å². The molecule has 2 aromatic rings. The minimum absolute atomic E-state index is 0.173. The van der Waals surface area contributed by atoms with Crippen molar-refractivity contribution in [1.82, 2.24) is 4.57 Å². The Morgan fingerprint density at radius 2 is 2.00 bits per heavy atom. The van der Waals surface area contributed by atoms with E-state index in [1.54, 1.807) is 6.07 Å². The highest BCUT2D eigenvalue weighted by molar-refractivity contribution is 5.85. The fourth-order valence-corrected chi connectivity index (χ4v) is 2.76. The SMILES string of the molecule is N[C@@H](Cc1cn(CCCCCCO)c2ccc(F)cc12)C(=O)O. The Kier molecular flexibility index (Phi) is 6.12. The fourth-order valence-electron chi connectivity index (χ4n) is 2.76. The summed E-state index contributed by atoms with van der Waals surface area (Å²) in [5, 5.41) is 18.5. The summed E-state index contributed by atoms with van der Waals surface area (Å²) in [6, 6.07) is 3.56. The summed E-state index contributed by atoms with van der Waals surface area (Å²) >= 11 is 0. The molecule has 0 radical (unpaired) electrons. The molecule has 2 rings (SSSR count). The fraction of sp³-hybridized carbons (Fsp3) is 0.471. The van der Waals surface area contributed by atoms with Crippen molar-refractivity contribution in [2.45, 2.75) is 44.7 Å². The van der Waals surface area contributed by atoms with E-state index in [1.807, 2.05) is 10.8 Å². The van der Waals surface area contributed by atoms with E-state index in [-0.39, 0.29) is 18.8 Å². The number of fused-ring (bicyclic) bond motifs is 1. The van der Waals surface area contributed by atoms with Gasteiger partial charge in [0.1, 0.15) is 11.9 Å². The summed E-state index contributed by atoms with van der Waals surface area (Å²) in [6.07, 6.45) is 5.78. The molecule has 1 heterocycles. The zero-order valence-electron chi connectivity index (χ0n) is 13.0. The molecular formula is C17H23FN2O3. The van der Waals surface area contributed by atoms with Crippen LogP contribution in [0.5, 0.6) is 0 Å². The molecule has 4 N–H and O–H groups in total. The lowest BCUT2D eigenvalue weighted by molar-refractivity contribution is -0.138. The van der Waals surface area contributed by atoms with E-state index in [4.69, 9.17) is 15.9 Å². The van der Waals surface area contributed by atoms with Gasteiger partial charge >= 0.3 is 5.97 Å². The minimum Gasteiger partial charge on any atom is -0.480 e. The number of nitrogens with zero attached hydrogens (tertiary/aromatic N) is 1. The number of rotatable bonds is 9. The van der Waals surface area contributed by atoms with Gasteiger partial charge < -0.3 is 20.5 Å². The van der Waals surface area contributed by atoms with E-state index in [9.17, 15) is 9.18 Å². The molecule has 0 saturated heterocycles. The second-order valence-electron chi connectivity index (χ2n) is 5.80. The first-order valence-electron chi connectivity index (χ1n) is 7.89. The van der Waals surface area contributed by atoms with Crippen molar-refractivity contribution < 1.29 is 19.4 Å². The summed E-state index contributed by atoms with van der Waals surface area (Å²) in [6.45, 7) is 0.985. The van der Waals surface area contributed by atoms with Gasteiger partial charge in [-0.05, 0) is 36.6 Å². The lowest BCUT2D eigenvalue weighted by Gasteiger charge is -2.05. The first kappa shape index (κ1) is 17.4. The van der Waals surface area contributed by atoms with Gasteiger partial charge in [0.2, 0.25) is 0 Å². The first-order chi connectivity index (χ1) is 11.0. The monoisotopic (exact) mass is 322 g/mol. The molecule has 0 saturated carbocycles. The maximum Gasteiger partial charge on any atom is 0.320 e. The first-order valence-corrected chi connectivity index (χ1v) is 7.89. The van der Waals surface area contributed by atoms with Crippen LogP contribution in [0, 0.1) is 5.82 Å². The number of benzene rings is 1. The average molecular weight is 322 g/mol. The Balaban J connectivity index is 2.18. The third-order valence-electron chi connectivity index (χ3n) is 3.99. The van der Waals surface area contributed by atoms with Crippen molar-refractivity contribution >= 4 is 16.9 Å². The topological polar surface area (TPSA) is 88.5 Å². The number of unbranched alkanes of at least 4 members (excludes halogenated alkanes) is 3. The predicted octanol–water partition coefficient (Wildman–Crippen LogP) is 2.29. The number of aliphatic hydroxyl groups is 1. The molecule has 1 aromatic carbocycles.